The van der Waals surface area contributed by atoms with E-state index in [0.717, 1.165) is 28.5 Å². The Morgan fingerprint density at radius 2 is 1.89 bits per heavy atom. The van der Waals surface area contributed by atoms with E-state index in [2.05, 4.69) is 24.3 Å². The highest BCUT2D eigenvalue weighted by molar-refractivity contribution is 7.99. The molecule has 0 aromatic heterocycles. The lowest BCUT2D eigenvalue weighted by Crippen LogP contribution is -1.92. The molecule has 0 aliphatic carbocycles. The summed E-state index contributed by atoms with van der Waals surface area (Å²) in [4.78, 5) is 1.14. The Kier molecular flexibility index (Phi) is 4.53. The van der Waals surface area contributed by atoms with Crippen LogP contribution in [0.25, 0.3) is 0 Å². The molecule has 0 aliphatic rings. The van der Waals surface area contributed by atoms with E-state index in [4.69, 9.17) is 10.5 Å². The fourth-order valence-corrected chi connectivity index (χ4v) is 2.73. The van der Waals surface area contributed by atoms with Crippen molar-refractivity contribution in [2.75, 3.05) is 18.6 Å². The molecule has 2 rings (SSSR count). The van der Waals surface area contributed by atoms with Gasteiger partial charge >= 0.3 is 0 Å². The molecule has 3 heteroatoms. The predicted octanol–water partition coefficient (Wildman–Crippen LogP) is 3.61. The van der Waals surface area contributed by atoms with Crippen LogP contribution in [-0.4, -0.2) is 12.9 Å². The number of aryl methyl sites for hydroxylation is 1. The molecule has 0 saturated carbocycles. The van der Waals surface area contributed by atoms with Crippen LogP contribution in [0.15, 0.2) is 53.4 Å². The molecule has 0 heterocycles. The Labute approximate surface area is 112 Å². The van der Waals surface area contributed by atoms with E-state index in [0.29, 0.717) is 0 Å². The standard InChI is InChI=1S/C15H17NOS/c1-17-14-11-13(16)7-8-15(14)18-10-9-12-5-3-2-4-6-12/h2-8,11H,9-10,16H2,1H3. The minimum Gasteiger partial charge on any atom is -0.496 e. The molecule has 0 spiro atoms. The van der Waals surface area contributed by atoms with Gasteiger partial charge in [0.25, 0.3) is 0 Å². The highest BCUT2D eigenvalue weighted by Gasteiger charge is 2.04. The molecule has 0 fully saturated rings. The Morgan fingerprint density at radius 1 is 1.11 bits per heavy atom. The maximum absolute atomic E-state index is 5.73. The molecular formula is C15H17NOS. The summed E-state index contributed by atoms with van der Waals surface area (Å²) in [5.41, 5.74) is 7.83. The number of thioether (sulfide) groups is 1. The molecule has 0 atom stereocenters. The fraction of sp³-hybridized carbons (Fsp3) is 0.200. The lowest BCUT2D eigenvalue weighted by atomic mass is 10.2. The van der Waals surface area contributed by atoms with E-state index in [1.54, 1.807) is 18.9 Å². The van der Waals surface area contributed by atoms with Crippen molar-refractivity contribution in [1.29, 1.82) is 0 Å². The molecule has 2 aromatic carbocycles. The lowest BCUT2D eigenvalue weighted by molar-refractivity contribution is 0.405. The number of benzene rings is 2. The molecule has 18 heavy (non-hydrogen) atoms. The number of nitrogen functional groups attached to an aromatic ring is 1. The van der Waals surface area contributed by atoms with Gasteiger partial charge in [0.1, 0.15) is 5.75 Å². The largest absolute Gasteiger partial charge is 0.496 e. The first-order valence-corrected chi connectivity index (χ1v) is 6.88. The first-order chi connectivity index (χ1) is 8.79. The van der Waals surface area contributed by atoms with E-state index in [-0.39, 0.29) is 0 Å². The second-order valence-corrected chi connectivity index (χ2v) is 5.13. The first kappa shape index (κ1) is 12.8. The van der Waals surface area contributed by atoms with Gasteiger partial charge in [0, 0.05) is 22.4 Å². The maximum Gasteiger partial charge on any atom is 0.134 e. The average Bonchev–Trinajstić information content (AvgIpc) is 2.41. The fourth-order valence-electron chi connectivity index (χ4n) is 1.73. The molecule has 0 radical (unpaired) electrons. The van der Waals surface area contributed by atoms with Crippen molar-refractivity contribution in [3.8, 4) is 5.75 Å². The van der Waals surface area contributed by atoms with Crippen LogP contribution < -0.4 is 10.5 Å². The zero-order valence-electron chi connectivity index (χ0n) is 10.4. The van der Waals surface area contributed by atoms with E-state index < -0.39 is 0 Å². The number of hydrogen-bond acceptors (Lipinski definition) is 3. The number of rotatable bonds is 5. The maximum atomic E-state index is 5.73. The number of anilines is 1. The zero-order valence-corrected chi connectivity index (χ0v) is 11.2. The first-order valence-electron chi connectivity index (χ1n) is 5.90. The Morgan fingerprint density at radius 3 is 2.61 bits per heavy atom. The summed E-state index contributed by atoms with van der Waals surface area (Å²) in [6, 6.07) is 16.3. The van der Waals surface area contributed by atoms with Crippen LogP contribution in [0, 0.1) is 0 Å². The summed E-state index contributed by atoms with van der Waals surface area (Å²) in [6.07, 6.45) is 1.05. The van der Waals surface area contributed by atoms with Gasteiger partial charge < -0.3 is 10.5 Å². The monoisotopic (exact) mass is 259 g/mol. The minimum absolute atomic E-state index is 0.735. The molecular weight excluding hydrogens is 242 g/mol. The van der Waals surface area contributed by atoms with E-state index in [1.165, 1.54) is 5.56 Å². The van der Waals surface area contributed by atoms with Crippen LogP contribution in [0.5, 0.6) is 5.75 Å². The zero-order chi connectivity index (χ0) is 12.8. The topological polar surface area (TPSA) is 35.2 Å². The van der Waals surface area contributed by atoms with Crippen molar-refractivity contribution in [2.24, 2.45) is 0 Å². The van der Waals surface area contributed by atoms with Gasteiger partial charge in [0.05, 0.1) is 7.11 Å². The number of methoxy groups -OCH3 is 1. The van der Waals surface area contributed by atoms with Crippen molar-refractivity contribution < 1.29 is 4.74 Å². The third-order valence-corrected chi connectivity index (χ3v) is 3.74. The van der Waals surface area contributed by atoms with Crippen LogP contribution in [0.3, 0.4) is 0 Å². The number of hydrogen-bond donors (Lipinski definition) is 1. The normalized spacial score (nSPS) is 10.3. The van der Waals surface area contributed by atoms with Gasteiger partial charge in [-0.25, -0.2) is 0 Å². The van der Waals surface area contributed by atoms with Gasteiger partial charge in [-0.15, -0.1) is 11.8 Å². The number of nitrogens with two attached hydrogens (primary N) is 1. The summed E-state index contributed by atoms with van der Waals surface area (Å²) >= 11 is 1.79. The second kappa shape index (κ2) is 6.36. The smallest absolute Gasteiger partial charge is 0.134 e. The van der Waals surface area contributed by atoms with Gasteiger partial charge in [0.2, 0.25) is 0 Å². The van der Waals surface area contributed by atoms with Gasteiger partial charge in [0.15, 0.2) is 0 Å². The number of ether oxygens (including phenoxy) is 1. The third-order valence-electron chi connectivity index (χ3n) is 2.68. The molecule has 2 N–H and O–H groups in total. The van der Waals surface area contributed by atoms with E-state index in [1.807, 2.05) is 24.3 Å². The van der Waals surface area contributed by atoms with Gasteiger partial charge in [-0.3, -0.25) is 0 Å². The van der Waals surface area contributed by atoms with Gasteiger partial charge in [-0.05, 0) is 24.1 Å². The van der Waals surface area contributed by atoms with Gasteiger partial charge in [-0.2, -0.15) is 0 Å². The highest BCUT2D eigenvalue weighted by Crippen LogP contribution is 2.31. The van der Waals surface area contributed by atoms with E-state index in [9.17, 15) is 0 Å². The van der Waals surface area contributed by atoms with Crippen LogP contribution in [0.1, 0.15) is 5.56 Å². The molecule has 0 bridgehead atoms. The summed E-state index contributed by atoms with van der Waals surface area (Å²) in [5, 5.41) is 0. The average molecular weight is 259 g/mol. The Balaban J connectivity index is 1.94. The molecule has 0 saturated heterocycles. The molecule has 0 unspecified atom stereocenters. The SMILES string of the molecule is COc1cc(N)ccc1SCCc1ccccc1. The van der Waals surface area contributed by atoms with Crippen molar-refractivity contribution in [3.63, 3.8) is 0 Å². The summed E-state index contributed by atoms with van der Waals surface area (Å²) < 4.78 is 5.33. The summed E-state index contributed by atoms with van der Waals surface area (Å²) in [7, 11) is 1.68. The second-order valence-electron chi connectivity index (χ2n) is 3.99. The third kappa shape index (κ3) is 3.44. The Hall–Kier alpha value is -1.61. The Bertz CT molecular complexity index is 499. The van der Waals surface area contributed by atoms with Crippen molar-refractivity contribution in [3.05, 3.63) is 54.1 Å². The molecule has 0 amide bonds. The summed E-state index contributed by atoms with van der Waals surface area (Å²) in [6.45, 7) is 0. The minimum atomic E-state index is 0.735. The van der Waals surface area contributed by atoms with Crippen LogP contribution >= 0.6 is 11.8 Å². The molecule has 2 aromatic rings. The van der Waals surface area contributed by atoms with Crippen LogP contribution in [0.4, 0.5) is 5.69 Å². The lowest BCUT2D eigenvalue weighted by Gasteiger charge is -2.08. The molecule has 94 valence electrons. The quantitative estimate of drug-likeness (QED) is 0.658. The van der Waals surface area contributed by atoms with Crippen LogP contribution in [-0.2, 0) is 6.42 Å². The van der Waals surface area contributed by atoms with Gasteiger partial charge in [-0.1, -0.05) is 30.3 Å². The van der Waals surface area contributed by atoms with Crippen molar-refractivity contribution in [2.45, 2.75) is 11.3 Å². The molecule has 0 aliphatic heterocycles. The highest BCUT2D eigenvalue weighted by atomic mass is 32.2. The predicted molar refractivity (Wildman–Crippen MR) is 78.3 cm³/mol. The summed E-state index contributed by atoms with van der Waals surface area (Å²) in [5.74, 6) is 1.89. The van der Waals surface area contributed by atoms with Crippen molar-refractivity contribution in [1.82, 2.24) is 0 Å². The van der Waals surface area contributed by atoms with Crippen LogP contribution in [0.2, 0.25) is 0 Å². The molecule has 2 nitrogen and oxygen atoms in total. The van der Waals surface area contributed by atoms with Crippen molar-refractivity contribution >= 4 is 17.4 Å². The van der Waals surface area contributed by atoms with E-state index >= 15 is 0 Å².